The lowest BCUT2D eigenvalue weighted by molar-refractivity contribution is -0.125. The SMILES string of the molecule is CN1CC(NC2CC(=O)NC2=O)C1. The van der Waals surface area contributed by atoms with E-state index in [0.29, 0.717) is 12.5 Å². The van der Waals surface area contributed by atoms with Gasteiger partial charge in [0, 0.05) is 19.1 Å². The zero-order valence-corrected chi connectivity index (χ0v) is 7.54. The number of nitrogens with one attached hydrogen (secondary N) is 2. The van der Waals surface area contributed by atoms with E-state index in [1.165, 1.54) is 0 Å². The number of rotatable bonds is 2. The zero-order valence-electron chi connectivity index (χ0n) is 7.54. The van der Waals surface area contributed by atoms with Gasteiger partial charge < -0.3 is 10.2 Å². The van der Waals surface area contributed by atoms with Gasteiger partial charge in [0.15, 0.2) is 0 Å². The van der Waals surface area contributed by atoms with E-state index in [4.69, 9.17) is 0 Å². The van der Waals surface area contributed by atoms with Crippen LogP contribution in [0.15, 0.2) is 0 Å². The molecule has 2 fully saturated rings. The van der Waals surface area contributed by atoms with Crippen LogP contribution in [0.4, 0.5) is 0 Å². The Labute approximate surface area is 76.5 Å². The van der Waals surface area contributed by atoms with Crippen LogP contribution in [-0.2, 0) is 9.59 Å². The van der Waals surface area contributed by atoms with E-state index < -0.39 is 0 Å². The predicted molar refractivity (Wildman–Crippen MR) is 46.0 cm³/mol. The molecule has 0 spiro atoms. The van der Waals surface area contributed by atoms with Gasteiger partial charge in [0.2, 0.25) is 11.8 Å². The first kappa shape index (κ1) is 8.65. The molecular formula is C8H13N3O2. The average Bonchev–Trinajstić information content (AvgIpc) is 2.27. The second kappa shape index (κ2) is 3.08. The maximum Gasteiger partial charge on any atom is 0.244 e. The number of likely N-dealkylation sites (N-methyl/N-ethyl adjacent to an activating group) is 1. The summed E-state index contributed by atoms with van der Waals surface area (Å²) in [5.41, 5.74) is 0. The molecule has 0 aromatic heterocycles. The van der Waals surface area contributed by atoms with Crippen molar-refractivity contribution in [3.63, 3.8) is 0 Å². The van der Waals surface area contributed by atoms with Crippen LogP contribution in [0.3, 0.4) is 0 Å². The number of hydrogen-bond acceptors (Lipinski definition) is 4. The number of hydrogen-bond donors (Lipinski definition) is 2. The number of carbonyl (C=O) groups is 2. The molecule has 5 nitrogen and oxygen atoms in total. The van der Waals surface area contributed by atoms with Gasteiger partial charge in [-0.05, 0) is 7.05 Å². The van der Waals surface area contributed by atoms with Crippen LogP contribution < -0.4 is 10.6 Å². The monoisotopic (exact) mass is 183 g/mol. The van der Waals surface area contributed by atoms with Crippen LogP contribution in [0.1, 0.15) is 6.42 Å². The first-order valence-corrected chi connectivity index (χ1v) is 4.43. The molecule has 0 bridgehead atoms. The summed E-state index contributed by atoms with van der Waals surface area (Å²) in [7, 11) is 2.03. The number of nitrogens with zero attached hydrogens (tertiary/aromatic N) is 1. The highest BCUT2D eigenvalue weighted by atomic mass is 16.2. The fourth-order valence-corrected chi connectivity index (χ4v) is 1.78. The Kier molecular flexibility index (Phi) is 2.05. The first-order valence-electron chi connectivity index (χ1n) is 4.43. The summed E-state index contributed by atoms with van der Waals surface area (Å²) in [6.07, 6.45) is 0.291. The van der Waals surface area contributed by atoms with Crippen molar-refractivity contribution >= 4 is 11.8 Å². The highest BCUT2D eigenvalue weighted by Crippen LogP contribution is 2.08. The minimum absolute atomic E-state index is 0.171. The van der Waals surface area contributed by atoms with E-state index in [1.54, 1.807) is 0 Å². The molecule has 1 atom stereocenters. The molecule has 0 aromatic rings. The average molecular weight is 183 g/mol. The quantitative estimate of drug-likeness (QED) is 0.501. The van der Waals surface area contributed by atoms with E-state index in [9.17, 15) is 9.59 Å². The van der Waals surface area contributed by atoms with Gasteiger partial charge in [-0.25, -0.2) is 0 Å². The van der Waals surface area contributed by atoms with E-state index in [0.717, 1.165) is 13.1 Å². The van der Waals surface area contributed by atoms with E-state index in [1.807, 2.05) is 7.05 Å². The molecule has 2 aliphatic heterocycles. The molecule has 0 saturated carbocycles. The lowest BCUT2D eigenvalue weighted by atomic mass is 10.1. The Bertz CT molecular complexity index is 248. The van der Waals surface area contributed by atoms with Crippen molar-refractivity contribution in [2.45, 2.75) is 18.5 Å². The summed E-state index contributed by atoms with van der Waals surface area (Å²) in [5, 5.41) is 5.43. The molecule has 0 aromatic carbocycles. The van der Waals surface area contributed by atoms with E-state index in [2.05, 4.69) is 15.5 Å². The number of amides is 2. The third-order valence-corrected chi connectivity index (χ3v) is 2.47. The van der Waals surface area contributed by atoms with E-state index in [-0.39, 0.29) is 17.9 Å². The van der Waals surface area contributed by atoms with Gasteiger partial charge >= 0.3 is 0 Å². The van der Waals surface area contributed by atoms with Crippen molar-refractivity contribution in [1.29, 1.82) is 0 Å². The summed E-state index contributed by atoms with van der Waals surface area (Å²) in [6.45, 7) is 1.91. The van der Waals surface area contributed by atoms with Crippen LogP contribution >= 0.6 is 0 Å². The Morgan fingerprint density at radius 3 is 2.62 bits per heavy atom. The van der Waals surface area contributed by atoms with Gasteiger partial charge in [-0.1, -0.05) is 0 Å². The molecule has 2 aliphatic rings. The summed E-state index contributed by atoms with van der Waals surface area (Å²) in [4.78, 5) is 24.1. The maximum absolute atomic E-state index is 11.1. The molecule has 0 radical (unpaired) electrons. The molecule has 1 unspecified atom stereocenters. The van der Waals surface area contributed by atoms with E-state index >= 15 is 0 Å². The largest absolute Gasteiger partial charge is 0.303 e. The van der Waals surface area contributed by atoms with Crippen molar-refractivity contribution < 1.29 is 9.59 Å². The van der Waals surface area contributed by atoms with Crippen molar-refractivity contribution in [2.24, 2.45) is 0 Å². The van der Waals surface area contributed by atoms with Crippen LogP contribution in [-0.4, -0.2) is 48.9 Å². The summed E-state index contributed by atoms with van der Waals surface area (Å²) < 4.78 is 0. The summed E-state index contributed by atoms with van der Waals surface area (Å²) >= 11 is 0. The number of likely N-dealkylation sites (tertiary alicyclic amines) is 1. The van der Waals surface area contributed by atoms with Crippen LogP contribution in [0.2, 0.25) is 0 Å². The fraction of sp³-hybridized carbons (Fsp3) is 0.750. The van der Waals surface area contributed by atoms with Crippen molar-refractivity contribution in [2.75, 3.05) is 20.1 Å². The second-order valence-corrected chi connectivity index (χ2v) is 3.75. The summed E-state index contributed by atoms with van der Waals surface area (Å²) in [6, 6.07) is 0.0675. The smallest absolute Gasteiger partial charge is 0.244 e. The third kappa shape index (κ3) is 1.71. The van der Waals surface area contributed by atoms with Crippen molar-refractivity contribution in [3.05, 3.63) is 0 Å². The Morgan fingerprint density at radius 1 is 1.46 bits per heavy atom. The second-order valence-electron chi connectivity index (χ2n) is 3.75. The Hall–Kier alpha value is -0.940. The maximum atomic E-state index is 11.1. The Morgan fingerprint density at radius 2 is 2.15 bits per heavy atom. The molecule has 2 rings (SSSR count). The van der Waals surface area contributed by atoms with Crippen molar-refractivity contribution in [1.82, 2.24) is 15.5 Å². The van der Waals surface area contributed by atoms with Crippen LogP contribution in [0, 0.1) is 0 Å². The first-order chi connectivity index (χ1) is 6.15. The fourth-order valence-electron chi connectivity index (χ4n) is 1.78. The van der Waals surface area contributed by atoms with Gasteiger partial charge in [0.25, 0.3) is 0 Å². The molecule has 2 N–H and O–H groups in total. The molecule has 2 heterocycles. The highest BCUT2D eigenvalue weighted by molar-refractivity contribution is 6.05. The number of imide groups is 1. The molecule has 5 heteroatoms. The standard InChI is InChI=1S/C8H13N3O2/c1-11-3-5(4-11)9-6-2-7(12)10-8(6)13/h5-6,9H,2-4H2,1H3,(H,10,12,13). The highest BCUT2D eigenvalue weighted by Gasteiger charge is 2.34. The third-order valence-electron chi connectivity index (χ3n) is 2.47. The normalized spacial score (nSPS) is 30.4. The Balaban J connectivity index is 1.82. The molecule has 2 saturated heterocycles. The summed E-state index contributed by atoms with van der Waals surface area (Å²) in [5.74, 6) is -0.352. The molecular weight excluding hydrogens is 170 g/mol. The van der Waals surface area contributed by atoms with Gasteiger partial charge in [0.05, 0.1) is 12.5 Å². The van der Waals surface area contributed by atoms with Gasteiger partial charge in [-0.15, -0.1) is 0 Å². The zero-order chi connectivity index (χ0) is 9.42. The van der Waals surface area contributed by atoms with Crippen LogP contribution in [0.25, 0.3) is 0 Å². The number of carbonyl (C=O) groups excluding carboxylic acids is 2. The lowest BCUT2D eigenvalue weighted by Crippen LogP contribution is -2.59. The molecule has 2 amide bonds. The topological polar surface area (TPSA) is 61.4 Å². The van der Waals surface area contributed by atoms with Gasteiger partial charge in [-0.2, -0.15) is 0 Å². The van der Waals surface area contributed by atoms with Crippen molar-refractivity contribution in [3.8, 4) is 0 Å². The lowest BCUT2D eigenvalue weighted by Gasteiger charge is -2.37. The molecule has 0 aliphatic carbocycles. The predicted octanol–water partition coefficient (Wildman–Crippen LogP) is -1.69. The van der Waals surface area contributed by atoms with Crippen LogP contribution in [0.5, 0.6) is 0 Å². The molecule has 13 heavy (non-hydrogen) atoms. The minimum atomic E-state index is -0.300. The van der Waals surface area contributed by atoms with Gasteiger partial charge in [0.1, 0.15) is 0 Å². The van der Waals surface area contributed by atoms with Gasteiger partial charge in [-0.3, -0.25) is 14.9 Å². The molecule has 72 valence electrons. The minimum Gasteiger partial charge on any atom is -0.303 e.